The molecule has 0 atom stereocenters. The monoisotopic (exact) mass is 190 g/mol. The normalized spacial score (nSPS) is 14.4. The number of nitro groups is 1. The van der Waals surface area contributed by atoms with Crippen molar-refractivity contribution in [3.8, 4) is 0 Å². The van der Waals surface area contributed by atoms with Crippen molar-refractivity contribution >= 4 is 5.71 Å². The van der Waals surface area contributed by atoms with Gasteiger partial charge in [-0.2, -0.15) is 0 Å². The smallest absolute Gasteiger partial charge is 0.245 e. The lowest BCUT2D eigenvalue weighted by Crippen LogP contribution is -2.20. The molecule has 2 rings (SSSR count). The maximum absolute atomic E-state index is 10.4. The Kier molecular flexibility index (Phi) is 2.26. The molecular formula is C10H10N2O2. The van der Waals surface area contributed by atoms with E-state index in [4.69, 9.17) is 0 Å². The fourth-order valence-electron chi connectivity index (χ4n) is 1.67. The maximum Gasteiger partial charge on any atom is 0.245 e. The minimum Gasteiger partial charge on any atom is -0.282 e. The molecule has 4 nitrogen and oxygen atoms in total. The van der Waals surface area contributed by atoms with E-state index in [1.807, 2.05) is 24.3 Å². The summed E-state index contributed by atoms with van der Waals surface area (Å²) in [5.41, 5.74) is 2.71. The first-order valence-electron chi connectivity index (χ1n) is 4.51. The van der Waals surface area contributed by atoms with Gasteiger partial charge in [-0.25, -0.2) is 0 Å². The number of hydrogen-bond acceptors (Lipinski definition) is 3. The van der Waals surface area contributed by atoms with Crippen LogP contribution in [0.15, 0.2) is 29.3 Å². The third kappa shape index (κ3) is 1.64. The Bertz CT molecular complexity index is 399. The molecule has 0 spiro atoms. The minimum absolute atomic E-state index is 0.170. The topological polar surface area (TPSA) is 55.5 Å². The summed E-state index contributed by atoms with van der Waals surface area (Å²) in [4.78, 5) is 14.3. The van der Waals surface area contributed by atoms with Gasteiger partial charge in [-0.05, 0) is 12.0 Å². The molecule has 0 amide bonds. The third-order valence-electron chi connectivity index (χ3n) is 2.29. The van der Waals surface area contributed by atoms with Crippen LogP contribution in [0, 0.1) is 10.1 Å². The Balaban J connectivity index is 2.35. The highest BCUT2D eigenvalue weighted by Gasteiger charge is 2.16. The molecule has 1 heterocycles. The van der Waals surface area contributed by atoms with E-state index in [1.54, 1.807) is 0 Å². The number of nitrogens with zero attached hydrogens (tertiary/aromatic N) is 2. The molecule has 0 saturated heterocycles. The molecule has 72 valence electrons. The molecular weight excluding hydrogens is 180 g/mol. The molecule has 1 aromatic carbocycles. The van der Waals surface area contributed by atoms with E-state index in [9.17, 15) is 10.1 Å². The van der Waals surface area contributed by atoms with Crippen LogP contribution in [0.2, 0.25) is 0 Å². The standard InChI is InChI=1S/C10H10N2O2/c13-12(14)7-10-9-4-2-1-3-8(9)5-6-11-10/h1-4H,5-7H2. The van der Waals surface area contributed by atoms with Gasteiger partial charge in [-0.15, -0.1) is 0 Å². The summed E-state index contributed by atoms with van der Waals surface area (Å²) < 4.78 is 0. The van der Waals surface area contributed by atoms with Crippen molar-refractivity contribution in [2.75, 3.05) is 13.1 Å². The van der Waals surface area contributed by atoms with E-state index in [-0.39, 0.29) is 11.5 Å². The highest BCUT2D eigenvalue weighted by molar-refractivity contribution is 6.03. The van der Waals surface area contributed by atoms with Gasteiger partial charge in [0.15, 0.2) is 0 Å². The molecule has 1 aliphatic heterocycles. The number of benzene rings is 1. The van der Waals surface area contributed by atoms with Crippen LogP contribution in [0.1, 0.15) is 11.1 Å². The number of hydrogen-bond donors (Lipinski definition) is 0. The van der Waals surface area contributed by atoms with Crippen LogP contribution < -0.4 is 0 Å². The van der Waals surface area contributed by atoms with Crippen molar-refractivity contribution in [1.82, 2.24) is 0 Å². The van der Waals surface area contributed by atoms with Gasteiger partial charge >= 0.3 is 0 Å². The predicted molar refractivity (Wildman–Crippen MR) is 53.4 cm³/mol. The highest BCUT2D eigenvalue weighted by atomic mass is 16.6. The molecule has 0 fully saturated rings. The first kappa shape index (κ1) is 8.87. The molecule has 0 aromatic heterocycles. The minimum atomic E-state index is -0.332. The van der Waals surface area contributed by atoms with Gasteiger partial charge in [-0.1, -0.05) is 24.3 Å². The van der Waals surface area contributed by atoms with Crippen LogP contribution in [0.5, 0.6) is 0 Å². The van der Waals surface area contributed by atoms with Gasteiger partial charge < -0.3 is 0 Å². The van der Waals surface area contributed by atoms with Crippen LogP contribution >= 0.6 is 0 Å². The van der Waals surface area contributed by atoms with Gasteiger partial charge in [0, 0.05) is 17.0 Å². The van der Waals surface area contributed by atoms with Gasteiger partial charge in [0.05, 0.1) is 0 Å². The first-order valence-corrected chi connectivity index (χ1v) is 4.51. The van der Waals surface area contributed by atoms with E-state index in [0.29, 0.717) is 12.3 Å². The number of fused-ring (bicyclic) bond motifs is 1. The van der Waals surface area contributed by atoms with Crippen molar-refractivity contribution < 1.29 is 4.92 Å². The number of aliphatic imine (C=N–C) groups is 1. The van der Waals surface area contributed by atoms with E-state index in [2.05, 4.69) is 4.99 Å². The lowest BCUT2D eigenvalue weighted by molar-refractivity contribution is -0.463. The molecule has 1 aliphatic rings. The van der Waals surface area contributed by atoms with Crippen LogP contribution in [0.4, 0.5) is 0 Å². The maximum atomic E-state index is 10.4. The van der Waals surface area contributed by atoms with Crippen molar-refractivity contribution in [3.63, 3.8) is 0 Å². The lowest BCUT2D eigenvalue weighted by atomic mass is 9.98. The Morgan fingerprint density at radius 2 is 2.21 bits per heavy atom. The molecule has 0 N–H and O–H groups in total. The van der Waals surface area contributed by atoms with Crippen LogP contribution in [-0.4, -0.2) is 23.7 Å². The van der Waals surface area contributed by atoms with Crippen molar-refractivity contribution in [2.24, 2.45) is 4.99 Å². The van der Waals surface area contributed by atoms with Gasteiger partial charge in [0.25, 0.3) is 0 Å². The van der Waals surface area contributed by atoms with Crippen LogP contribution in [0.25, 0.3) is 0 Å². The summed E-state index contributed by atoms with van der Waals surface area (Å²) in [5.74, 6) is 0. The Morgan fingerprint density at radius 3 is 3.00 bits per heavy atom. The fraction of sp³-hybridized carbons (Fsp3) is 0.300. The SMILES string of the molecule is O=[N+]([O-])CC1=NCCc2ccccc21. The van der Waals surface area contributed by atoms with Crippen molar-refractivity contribution in [3.05, 3.63) is 45.5 Å². The quantitative estimate of drug-likeness (QED) is 0.521. The zero-order chi connectivity index (χ0) is 9.97. The summed E-state index contributed by atoms with van der Waals surface area (Å²) in [6.07, 6.45) is 0.886. The summed E-state index contributed by atoms with van der Waals surface area (Å²) >= 11 is 0. The summed E-state index contributed by atoms with van der Waals surface area (Å²) in [7, 11) is 0. The average Bonchev–Trinajstić information content (AvgIpc) is 2.18. The summed E-state index contributed by atoms with van der Waals surface area (Å²) in [6, 6.07) is 7.74. The summed E-state index contributed by atoms with van der Waals surface area (Å²) in [5, 5.41) is 10.4. The largest absolute Gasteiger partial charge is 0.282 e. The Morgan fingerprint density at radius 1 is 1.43 bits per heavy atom. The Hall–Kier alpha value is -1.71. The molecule has 0 aliphatic carbocycles. The van der Waals surface area contributed by atoms with Crippen molar-refractivity contribution in [2.45, 2.75) is 6.42 Å². The molecule has 0 bridgehead atoms. The molecule has 0 saturated carbocycles. The fourth-order valence-corrected chi connectivity index (χ4v) is 1.67. The number of rotatable bonds is 2. The lowest BCUT2D eigenvalue weighted by Gasteiger charge is -2.13. The van der Waals surface area contributed by atoms with Gasteiger partial charge in [0.1, 0.15) is 5.71 Å². The zero-order valence-corrected chi connectivity index (χ0v) is 7.64. The molecule has 0 radical (unpaired) electrons. The van der Waals surface area contributed by atoms with Crippen LogP contribution in [-0.2, 0) is 6.42 Å². The second-order valence-electron chi connectivity index (χ2n) is 3.23. The van der Waals surface area contributed by atoms with E-state index in [1.165, 1.54) is 5.56 Å². The average molecular weight is 190 g/mol. The van der Waals surface area contributed by atoms with E-state index < -0.39 is 0 Å². The molecule has 1 aromatic rings. The first-order chi connectivity index (χ1) is 6.77. The van der Waals surface area contributed by atoms with E-state index >= 15 is 0 Å². The summed E-state index contributed by atoms with van der Waals surface area (Å²) in [6.45, 7) is 0.497. The van der Waals surface area contributed by atoms with Gasteiger partial charge in [-0.3, -0.25) is 15.1 Å². The highest BCUT2D eigenvalue weighted by Crippen LogP contribution is 2.15. The predicted octanol–water partition coefficient (Wildman–Crippen LogP) is 1.31. The van der Waals surface area contributed by atoms with Crippen molar-refractivity contribution in [1.29, 1.82) is 0 Å². The molecule has 14 heavy (non-hydrogen) atoms. The second kappa shape index (κ2) is 3.57. The Labute approximate surface area is 81.4 Å². The zero-order valence-electron chi connectivity index (χ0n) is 7.64. The molecule has 0 unspecified atom stereocenters. The van der Waals surface area contributed by atoms with Crippen LogP contribution in [0.3, 0.4) is 0 Å². The van der Waals surface area contributed by atoms with E-state index in [0.717, 1.165) is 12.0 Å². The third-order valence-corrected chi connectivity index (χ3v) is 2.29. The molecule has 4 heteroatoms. The van der Waals surface area contributed by atoms with Gasteiger partial charge in [0.2, 0.25) is 6.54 Å². The second-order valence-corrected chi connectivity index (χ2v) is 3.23.